The van der Waals surface area contributed by atoms with Gasteiger partial charge in [-0.3, -0.25) is 0 Å². The molecular formula is C13H16N2O3S. The van der Waals surface area contributed by atoms with Crippen LogP contribution >= 0.6 is 0 Å². The van der Waals surface area contributed by atoms with Crippen molar-refractivity contribution in [2.75, 3.05) is 12.8 Å². The molecule has 6 heteroatoms. The molecule has 19 heavy (non-hydrogen) atoms. The van der Waals surface area contributed by atoms with Crippen molar-refractivity contribution in [2.24, 2.45) is 0 Å². The van der Waals surface area contributed by atoms with Gasteiger partial charge in [0.2, 0.25) is 5.89 Å². The molecule has 102 valence electrons. The van der Waals surface area contributed by atoms with E-state index in [1.807, 2.05) is 6.92 Å². The third-order valence-electron chi connectivity index (χ3n) is 2.63. The molecule has 0 radical (unpaired) electrons. The third-order valence-corrected chi connectivity index (χ3v) is 3.74. The minimum absolute atomic E-state index is 0.273. The highest BCUT2D eigenvalue weighted by Crippen LogP contribution is 2.23. The molecule has 1 heterocycles. The maximum Gasteiger partial charge on any atom is 0.208 e. The number of hydrogen-bond donors (Lipinski definition) is 1. The molecule has 0 atom stereocenters. The Hall–Kier alpha value is -1.66. The Morgan fingerprint density at radius 3 is 2.84 bits per heavy atom. The smallest absolute Gasteiger partial charge is 0.208 e. The van der Waals surface area contributed by atoms with Crippen molar-refractivity contribution < 1.29 is 12.8 Å². The van der Waals surface area contributed by atoms with Crippen molar-refractivity contribution in [1.82, 2.24) is 10.3 Å². The molecule has 5 nitrogen and oxygen atoms in total. The lowest BCUT2D eigenvalue weighted by molar-refractivity contribution is 0.482. The van der Waals surface area contributed by atoms with Crippen LogP contribution < -0.4 is 5.32 Å². The highest BCUT2D eigenvalue weighted by atomic mass is 32.2. The van der Waals surface area contributed by atoms with Gasteiger partial charge in [0.1, 0.15) is 0 Å². The quantitative estimate of drug-likeness (QED) is 0.905. The number of nitrogens with one attached hydrogen (secondary N) is 1. The summed E-state index contributed by atoms with van der Waals surface area (Å²) in [6.45, 7) is 3.39. The normalized spacial score (nSPS) is 11.7. The van der Waals surface area contributed by atoms with Gasteiger partial charge in [-0.15, -0.1) is 0 Å². The number of aromatic nitrogens is 1. The highest BCUT2D eigenvalue weighted by molar-refractivity contribution is 7.90. The standard InChI is InChI=1S/C13H16N2O3S/c1-3-14-9-13-15-8-12(18-13)10-5-4-6-11(7-10)19(2,16)17/h4-8,14H,3,9H2,1-2H3. The van der Waals surface area contributed by atoms with Crippen LogP contribution in [0.1, 0.15) is 12.8 Å². The van der Waals surface area contributed by atoms with Gasteiger partial charge in [-0.1, -0.05) is 19.1 Å². The Morgan fingerprint density at radius 2 is 2.16 bits per heavy atom. The fourth-order valence-corrected chi connectivity index (χ4v) is 2.30. The maximum absolute atomic E-state index is 11.5. The summed E-state index contributed by atoms with van der Waals surface area (Å²) in [5, 5.41) is 3.11. The summed E-state index contributed by atoms with van der Waals surface area (Å²) in [6, 6.07) is 6.64. The molecule has 1 N–H and O–H groups in total. The zero-order chi connectivity index (χ0) is 13.9. The topological polar surface area (TPSA) is 72.2 Å². The van der Waals surface area contributed by atoms with Gasteiger partial charge in [-0.2, -0.15) is 0 Å². The first-order valence-electron chi connectivity index (χ1n) is 5.96. The lowest BCUT2D eigenvalue weighted by Crippen LogP contribution is -2.11. The molecule has 0 unspecified atom stereocenters. The zero-order valence-electron chi connectivity index (χ0n) is 10.9. The molecule has 0 fully saturated rings. The van der Waals surface area contributed by atoms with Crippen LogP contribution in [0.4, 0.5) is 0 Å². The third kappa shape index (κ3) is 3.42. The number of rotatable bonds is 5. The molecule has 0 aliphatic rings. The molecule has 0 aliphatic carbocycles. The summed E-state index contributed by atoms with van der Waals surface area (Å²) < 4.78 is 28.6. The van der Waals surface area contributed by atoms with Gasteiger partial charge >= 0.3 is 0 Å². The number of hydrogen-bond acceptors (Lipinski definition) is 5. The molecule has 0 aliphatic heterocycles. The average Bonchev–Trinajstić information content (AvgIpc) is 2.84. The zero-order valence-corrected chi connectivity index (χ0v) is 11.7. The first kappa shape index (κ1) is 13.8. The molecule has 0 amide bonds. The molecule has 0 saturated heterocycles. The summed E-state index contributed by atoms with van der Waals surface area (Å²) in [4.78, 5) is 4.42. The van der Waals surface area contributed by atoms with E-state index in [-0.39, 0.29) is 4.90 Å². The molecule has 1 aromatic carbocycles. The summed E-state index contributed by atoms with van der Waals surface area (Å²) in [6.07, 6.45) is 2.79. The second-order valence-corrected chi connectivity index (χ2v) is 6.21. The maximum atomic E-state index is 11.5. The number of sulfone groups is 1. The van der Waals surface area contributed by atoms with Gasteiger partial charge < -0.3 is 9.73 Å². The van der Waals surface area contributed by atoms with Crippen molar-refractivity contribution in [1.29, 1.82) is 0 Å². The lowest BCUT2D eigenvalue weighted by atomic mass is 10.2. The van der Waals surface area contributed by atoms with Crippen LogP contribution in [0.2, 0.25) is 0 Å². The Balaban J connectivity index is 2.29. The van der Waals surface area contributed by atoms with Gasteiger partial charge in [0.05, 0.1) is 17.6 Å². The molecule has 0 bridgehead atoms. The molecular weight excluding hydrogens is 264 g/mol. The minimum Gasteiger partial charge on any atom is -0.439 e. The first-order valence-corrected chi connectivity index (χ1v) is 7.85. The average molecular weight is 280 g/mol. The summed E-state index contributed by atoms with van der Waals surface area (Å²) in [7, 11) is -3.22. The minimum atomic E-state index is -3.22. The molecule has 0 spiro atoms. The summed E-state index contributed by atoms with van der Waals surface area (Å²) >= 11 is 0. The van der Waals surface area contributed by atoms with Crippen molar-refractivity contribution in [3.8, 4) is 11.3 Å². The summed E-state index contributed by atoms with van der Waals surface area (Å²) in [5.41, 5.74) is 0.707. The van der Waals surface area contributed by atoms with E-state index in [1.54, 1.807) is 30.5 Å². The molecule has 0 saturated carbocycles. The number of benzene rings is 1. The van der Waals surface area contributed by atoms with E-state index < -0.39 is 9.84 Å². The van der Waals surface area contributed by atoms with Crippen molar-refractivity contribution in [3.63, 3.8) is 0 Å². The lowest BCUT2D eigenvalue weighted by Gasteiger charge is -2.01. The van der Waals surface area contributed by atoms with E-state index in [4.69, 9.17) is 4.42 Å². The fourth-order valence-electron chi connectivity index (χ4n) is 1.64. The van der Waals surface area contributed by atoms with Crippen LogP contribution in [0.15, 0.2) is 39.8 Å². The second-order valence-electron chi connectivity index (χ2n) is 4.20. The van der Waals surface area contributed by atoms with Crippen LogP contribution in [-0.4, -0.2) is 26.2 Å². The van der Waals surface area contributed by atoms with Crippen LogP contribution in [0.25, 0.3) is 11.3 Å². The van der Waals surface area contributed by atoms with Crippen LogP contribution in [0.3, 0.4) is 0 Å². The first-order chi connectivity index (χ1) is 9.00. The van der Waals surface area contributed by atoms with Gasteiger partial charge in [0.25, 0.3) is 0 Å². The number of oxazole rings is 1. The van der Waals surface area contributed by atoms with Crippen LogP contribution in [-0.2, 0) is 16.4 Å². The molecule has 1 aromatic heterocycles. The van der Waals surface area contributed by atoms with Gasteiger partial charge in [-0.25, -0.2) is 13.4 Å². The van der Waals surface area contributed by atoms with Crippen molar-refractivity contribution in [2.45, 2.75) is 18.4 Å². The Morgan fingerprint density at radius 1 is 1.37 bits per heavy atom. The van der Waals surface area contributed by atoms with E-state index in [0.29, 0.717) is 23.8 Å². The Kier molecular flexibility index (Phi) is 4.01. The van der Waals surface area contributed by atoms with E-state index in [9.17, 15) is 8.42 Å². The van der Waals surface area contributed by atoms with Crippen molar-refractivity contribution >= 4 is 9.84 Å². The number of nitrogens with zero attached hydrogens (tertiary/aromatic N) is 1. The molecule has 2 rings (SSSR count). The van der Waals surface area contributed by atoms with Crippen LogP contribution in [0, 0.1) is 0 Å². The van der Waals surface area contributed by atoms with E-state index in [0.717, 1.165) is 6.54 Å². The van der Waals surface area contributed by atoms with Gasteiger partial charge in [0, 0.05) is 11.8 Å². The monoisotopic (exact) mass is 280 g/mol. The summed E-state index contributed by atoms with van der Waals surface area (Å²) in [5.74, 6) is 1.15. The predicted molar refractivity (Wildman–Crippen MR) is 72.4 cm³/mol. The Labute approximate surface area is 112 Å². The van der Waals surface area contributed by atoms with E-state index in [2.05, 4.69) is 10.3 Å². The van der Waals surface area contributed by atoms with E-state index >= 15 is 0 Å². The van der Waals surface area contributed by atoms with Crippen molar-refractivity contribution in [3.05, 3.63) is 36.4 Å². The Bertz CT molecular complexity index is 662. The van der Waals surface area contributed by atoms with Crippen LogP contribution in [0.5, 0.6) is 0 Å². The SMILES string of the molecule is CCNCc1ncc(-c2cccc(S(C)(=O)=O)c2)o1. The predicted octanol–water partition coefficient (Wildman–Crippen LogP) is 1.85. The highest BCUT2D eigenvalue weighted by Gasteiger charge is 2.11. The largest absolute Gasteiger partial charge is 0.439 e. The van der Waals surface area contributed by atoms with E-state index in [1.165, 1.54) is 6.26 Å². The fraction of sp³-hybridized carbons (Fsp3) is 0.308. The molecule has 2 aromatic rings. The van der Waals surface area contributed by atoms with Gasteiger partial charge in [-0.05, 0) is 18.7 Å². The van der Waals surface area contributed by atoms with Gasteiger partial charge in [0.15, 0.2) is 15.6 Å². The second kappa shape index (κ2) is 5.54.